The van der Waals surface area contributed by atoms with E-state index in [2.05, 4.69) is 10.1 Å². The smallest absolute Gasteiger partial charge is 0.283 e. The first-order chi connectivity index (χ1) is 15.4. The molecule has 0 unspecified atom stereocenters. The average molecular weight is 472 g/mol. The zero-order chi connectivity index (χ0) is 22.3. The van der Waals surface area contributed by atoms with Crippen molar-refractivity contribution in [2.45, 2.75) is 4.90 Å². The Hall–Kier alpha value is -3.17. The minimum atomic E-state index is -3.88. The Morgan fingerprint density at radius 3 is 2.34 bits per heavy atom. The molecule has 0 atom stereocenters. The largest absolute Gasteiger partial charge is 0.366 e. The molecule has 0 amide bonds. The third-order valence-electron chi connectivity index (χ3n) is 5.49. The third kappa shape index (κ3) is 3.57. The summed E-state index contributed by atoms with van der Waals surface area (Å²) in [6, 6.07) is 16.2. The van der Waals surface area contributed by atoms with E-state index in [4.69, 9.17) is 11.6 Å². The summed E-state index contributed by atoms with van der Waals surface area (Å²) in [7, 11) is -3.88. The molecule has 1 aliphatic rings. The lowest BCUT2D eigenvalue weighted by atomic mass is 10.2. The maximum Gasteiger partial charge on any atom is 0.283 e. The molecule has 10 heteroatoms. The Bertz CT molecular complexity index is 1390. The van der Waals surface area contributed by atoms with Crippen molar-refractivity contribution in [3.05, 3.63) is 77.7 Å². The average Bonchev–Trinajstić information content (AvgIpc) is 3.20. The van der Waals surface area contributed by atoms with Crippen LogP contribution in [0, 0.1) is 5.82 Å². The molecular formula is C22H19ClFN5O2S. The van der Waals surface area contributed by atoms with Crippen LogP contribution in [0.5, 0.6) is 0 Å². The zero-order valence-electron chi connectivity index (χ0n) is 16.9. The van der Waals surface area contributed by atoms with Gasteiger partial charge in [0.05, 0.1) is 10.6 Å². The number of hydrogen-bond acceptors (Lipinski definition) is 6. The summed E-state index contributed by atoms with van der Waals surface area (Å²) in [5.41, 5.74) is 1.42. The topological polar surface area (TPSA) is 71.3 Å². The monoisotopic (exact) mass is 471 g/mol. The second kappa shape index (κ2) is 8.07. The lowest BCUT2D eigenvalue weighted by Gasteiger charge is -2.36. The van der Waals surface area contributed by atoms with Crippen molar-refractivity contribution in [2.75, 3.05) is 36.0 Å². The third-order valence-corrected chi connectivity index (χ3v) is 7.32. The summed E-state index contributed by atoms with van der Waals surface area (Å²) < 4.78 is 41.9. The molecule has 164 valence electrons. The standard InChI is InChI=1S/C22H19ClFN5O2S/c23-16-8-9-19(18(24)15-16)27-11-13-28(14-12-27)22-21-20(7-4-10-25-21)29(26-22)32(30,31)17-5-2-1-3-6-17/h1-10,15H,11-14H2. The number of aromatic nitrogens is 3. The molecule has 1 saturated heterocycles. The molecule has 0 N–H and O–H groups in total. The Balaban J connectivity index is 1.47. The molecule has 7 nitrogen and oxygen atoms in total. The van der Waals surface area contributed by atoms with Gasteiger partial charge in [0, 0.05) is 37.4 Å². The van der Waals surface area contributed by atoms with Gasteiger partial charge in [-0.05, 0) is 42.5 Å². The highest BCUT2D eigenvalue weighted by Gasteiger charge is 2.28. The SMILES string of the molecule is O=S(=O)(c1ccccc1)n1nc(N2CCN(c3ccc(Cl)cc3F)CC2)c2ncccc21. The van der Waals surface area contributed by atoms with E-state index in [0.717, 1.165) is 4.09 Å². The zero-order valence-corrected chi connectivity index (χ0v) is 18.5. The highest BCUT2D eigenvalue weighted by atomic mass is 35.5. The van der Waals surface area contributed by atoms with Gasteiger partial charge < -0.3 is 9.80 Å². The van der Waals surface area contributed by atoms with E-state index < -0.39 is 10.0 Å². The molecule has 1 aliphatic heterocycles. The predicted octanol–water partition coefficient (Wildman–Crippen LogP) is 3.79. The molecule has 0 bridgehead atoms. The van der Waals surface area contributed by atoms with E-state index in [-0.39, 0.29) is 10.7 Å². The van der Waals surface area contributed by atoms with Gasteiger partial charge >= 0.3 is 0 Å². The Morgan fingerprint density at radius 2 is 1.62 bits per heavy atom. The van der Waals surface area contributed by atoms with Gasteiger partial charge in [0.15, 0.2) is 5.82 Å². The fraction of sp³-hybridized carbons (Fsp3) is 0.182. The number of benzene rings is 2. The molecular weight excluding hydrogens is 453 g/mol. The first-order valence-electron chi connectivity index (χ1n) is 10.0. The Labute approximate surface area is 189 Å². The van der Waals surface area contributed by atoms with E-state index in [1.165, 1.54) is 6.07 Å². The molecule has 0 saturated carbocycles. The second-order valence-electron chi connectivity index (χ2n) is 7.43. The van der Waals surface area contributed by atoms with E-state index in [9.17, 15) is 12.8 Å². The van der Waals surface area contributed by atoms with Gasteiger partial charge in [-0.25, -0.2) is 4.39 Å². The van der Waals surface area contributed by atoms with Crippen molar-refractivity contribution in [3.8, 4) is 0 Å². The van der Waals surface area contributed by atoms with Gasteiger partial charge in [0.2, 0.25) is 0 Å². The van der Waals surface area contributed by atoms with Crippen LogP contribution in [0.1, 0.15) is 0 Å². The number of nitrogens with zero attached hydrogens (tertiary/aromatic N) is 5. The summed E-state index contributed by atoms with van der Waals surface area (Å²) in [4.78, 5) is 8.49. The van der Waals surface area contributed by atoms with Crippen molar-refractivity contribution < 1.29 is 12.8 Å². The number of anilines is 2. The van der Waals surface area contributed by atoms with E-state index in [0.29, 0.717) is 53.7 Å². The highest BCUT2D eigenvalue weighted by Crippen LogP contribution is 2.30. The van der Waals surface area contributed by atoms with Crippen LogP contribution in [-0.2, 0) is 10.0 Å². The van der Waals surface area contributed by atoms with Gasteiger partial charge in [-0.3, -0.25) is 4.98 Å². The molecule has 1 fully saturated rings. The molecule has 0 radical (unpaired) electrons. The fourth-order valence-electron chi connectivity index (χ4n) is 3.90. The van der Waals surface area contributed by atoms with Gasteiger partial charge in [0.25, 0.3) is 10.0 Å². The summed E-state index contributed by atoms with van der Waals surface area (Å²) in [5.74, 6) is 0.132. The quantitative estimate of drug-likeness (QED) is 0.451. The molecule has 3 heterocycles. The predicted molar refractivity (Wildman–Crippen MR) is 122 cm³/mol. The van der Waals surface area contributed by atoms with Crippen LogP contribution in [0.4, 0.5) is 15.9 Å². The number of fused-ring (bicyclic) bond motifs is 1. The molecule has 2 aromatic carbocycles. The van der Waals surface area contributed by atoms with Crippen molar-refractivity contribution in [1.29, 1.82) is 0 Å². The molecule has 2 aromatic heterocycles. The second-order valence-corrected chi connectivity index (χ2v) is 9.63. The first kappa shape index (κ1) is 20.7. The van der Waals surface area contributed by atoms with Crippen LogP contribution in [0.15, 0.2) is 71.8 Å². The van der Waals surface area contributed by atoms with Crippen LogP contribution in [0.25, 0.3) is 11.0 Å². The van der Waals surface area contributed by atoms with Gasteiger partial charge in [-0.15, -0.1) is 9.19 Å². The van der Waals surface area contributed by atoms with Crippen LogP contribution in [-0.4, -0.2) is 48.8 Å². The maximum atomic E-state index is 14.3. The van der Waals surface area contributed by atoms with Crippen LogP contribution < -0.4 is 9.80 Å². The van der Waals surface area contributed by atoms with Gasteiger partial charge in [-0.1, -0.05) is 29.8 Å². The molecule has 4 aromatic rings. The summed E-state index contributed by atoms with van der Waals surface area (Å²) in [6.07, 6.45) is 1.62. The summed E-state index contributed by atoms with van der Waals surface area (Å²) in [5, 5.41) is 4.82. The number of halogens is 2. The highest BCUT2D eigenvalue weighted by molar-refractivity contribution is 7.90. The van der Waals surface area contributed by atoms with Crippen molar-refractivity contribution in [2.24, 2.45) is 0 Å². The lowest BCUT2D eigenvalue weighted by Crippen LogP contribution is -2.47. The minimum absolute atomic E-state index is 0.155. The first-order valence-corrected chi connectivity index (χ1v) is 11.9. The normalized spacial score (nSPS) is 14.8. The lowest BCUT2D eigenvalue weighted by molar-refractivity contribution is 0.579. The molecule has 32 heavy (non-hydrogen) atoms. The summed E-state index contributed by atoms with van der Waals surface area (Å²) in [6.45, 7) is 2.17. The number of pyridine rings is 1. The van der Waals surface area contributed by atoms with Crippen molar-refractivity contribution in [1.82, 2.24) is 14.2 Å². The number of rotatable bonds is 4. The van der Waals surface area contributed by atoms with Gasteiger partial charge in [-0.2, -0.15) is 8.42 Å². The number of hydrogen-bond donors (Lipinski definition) is 0. The van der Waals surface area contributed by atoms with Crippen LogP contribution >= 0.6 is 11.6 Å². The van der Waals surface area contributed by atoms with E-state index in [1.807, 2.05) is 9.80 Å². The van der Waals surface area contributed by atoms with Crippen LogP contribution in [0.2, 0.25) is 5.02 Å². The van der Waals surface area contributed by atoms with Crippen molar-refractivity contribution in [3.63, 3.8) is 0 Å². The Morgan fingerprint density at radius 1 is 0.906 bits per heavy atom. The Kier molecular flexibility index (Phi) is 5.22. The van der Waals surface area contributed by atoms with Crippen molar-refractivity contribution >= 4 is 44.2 Å². The fourth-order valence-corrected chi connectivity index (χ4v) is 5.35. The van der Waals surface area contributed by atoms with E-state index >= 15 is 0 Å². The van der Waals surface area contributed by atoms with E-state index in [1.54, 1.807) is 60.8 Å². The minimum Gasteiger partial charge on any atom is -0.366 e. The number of piperazine rings is 1. The van der Waals surface area contributed by atoms with Crippen LogP contribution in [0.3, 0.4) is 0 Å². The molecule has 0 spiro atoms. The summed E-state index contributed by atoms with van der Waals surface area (Å²) >= 11 is 5.86. The molecule has 0 aliphatic carbocycles. The molecule has 5 rings (SSSR count). The maximum absolute atomic E-state index is 14.3. The van der Waals surface area contributed by atoms with Gasteiger partial charge in [0.1, 0.15) is 16.9 Å².